The summed E-state index contributed by atoms with van der Waals surface area (Å²) in [4.78, 5) is 22.1. The van der Waals surface area contributed by atoms with Gasteiger partial charge in [-0.2, -0.15) is 0 Å². The third kappa shape index (κ3) is 1.84. The zero-order valence-electron chi connectivity index (χ0n) is 7.79. The maximum atomic E-state index is 11.7. The van der Waals surface area contributed by atoms with Crippen LogP contribution in [0, 0.1) is 0 Å². The number of hydrogen-bond donors (Lipinski definition) is 2. The molecule has 2 heterocycles. The van der Waals surface area contributed by atoms with E-state index in [1.807, 2.05) is 0 Å². The number of amides is 1. The molecule has 0 saturated heterocycles. The zero-order chi connectivity index (χ0) is 10.7. The average molecular weight is 203 g/mol. The second kappa shape index (κ2) is 3.89. The number of nitrogens with two attached hydrogens (primary N) is 1. The number of rotatable bonds is 2. The molecule has 0 bridgehead atoms. The predicted octanol–water partition coefficient (Wildman–Crippen LogP) is 0.325. The van der Waals surface area contributed by atoms with Crippen molar-refractivity contribution >= 4 is 11.7 Å². The highest BCUT2D eigenvalue weighted by Gasteiger charge is 2.15. The number of aromatic nitrogens is 3. The van der Waals surface area contributed by atoms with Gasteiger partial charge in [-0.15, -0.1) is 0 Å². The van der Waals surface area contributed by atoms with Gasteiger partial charge in [-0.05, 0) is 12.1 Å². The summed E-state index contributed by atoms with van der Waals surface area (Å²) in [5, 5.41) is 0.966. The Morgan fingerprint density at radius 1 is 1.47 bits per heavy atom. The van der Waals surface area contributed by atoms with Crippen molar-refractivity contribution in [3.05, 3.63) is 42.6 Å². The fourth-order valence-electron chi connectivity index (χ4n) is 1.10. The Labute approximate surface area is 85.7 Å². The maximum absolute atomic E-state index is 11.7. The number of nitrogens with one attached hydrogen (secondary N) is 1. The van der Waals surface area contributed by atoms with E-state index in [0.717, 1.165) is 5.01 Å². The van der Waals surface area contributed by atoms with Gasteiger partial charge in [0.1, 0.15) is 11.5 Å². The number of carbonyl (C=O) groups excluding carboxylic acids is 1. The van der Waals surface area contributed by atoms with E-state index in [1.165, 1.54) is 12.5 Å². The first kappa shape index (κ1) is 9.35. The van der Waals surface area contributed by atoms with E-state index in [2.05, 4.69) is 15.0 Å². The van der Waals surface area contributed by atoms with Gasteiger partial charge in [0, 0.05) is 6.20 Å². The lowest BCUT2D eigenvalue weighted by Gasteiger charge is -2.13. The number of H-pyrrole nitrogens is 1. The molecule has 2 aromatic rings. The molecule has 2 aromatic heterocycles. The Bertz CT molecular complexity index is 439. The molecule has 6 nitrogen and oxygen atoms in total. The molecule has 2 rings (SSSR count). The number of nitrogens with zero attached hydrogens (tertiary/aromatic N) is 3. The van der Waals surface area contributed by atoms with Crippen LogP contribution < -0.4 is 10.9 Å². The van der Waals surface area contributed by atoms with E-state index >= 15 is 0 Å². The van der Waals surface area contributed by atoms with E-state index in [-0.39, 0.29) is 5.91 Å². The van der Waals surface area contributed by atoms with Crippen molar-refractivity contribution < 1.29 is 4.79 Å². The third-order valence-corrected chi connectivity index (χ3v) is 1.84. The molecule has 15 heavy (non-hydrogen) atoms. The van der Waals surface area contributed by atoms with Gasteiger partial charge in [-0.1, -0.05) is 6.07 Å². The number of aromatic amines is 1. The standard InChI is InChI=1S/C9H9N5O/c10-14(8-3-1-2-4-12-8)9(15)7-5-11-6-13-7/h1-6H,10H2,(H,11,13). The summed E-state index contributed by atoms with van der Waals surface area (Å²) in [5.74, 6) is 5.61. The second-order valence-electron chi connectivity index (χ2n) is 2.83. The van der Waals surface area contributed by atoms with E-state index in [9.17, 15) is 4.79 Å². The van der Waals surface area contributed by atoms with Gasteiger partial charge < -0.3 is 4.98 Å². The summed E-state index contributed by atoms with van der Waals surface area (Å²) < 4.78 is 0. The summed E-state index contributed by atoms with van der Waals surface area (Å²) in [5.41, 5.74) is 0.322. The van der Waals surface area contributed by atoms with E-state index in [4.69, 9.17) is 5.84 Å². The number of anilines is 1. The Morgan fingerprint density at radius 3 is 2.93 bits per heavy atom. The molecule has 0 spiro atoms. The van der Waals surface area contributed by atoms with Crippen molar-refractivity contribution in [2.45, 2.75) is 0 Å². The molecule has 0 fully saturated rings. The van der Waals surface area contributed by atoms with Crippen LogP contribution in [0.3, 0.4) is 0 Å². The minimum absolute atomic E-state index is 0.322. The first-order valence-electron chi connectivity index (χ1n) is 4.27. The third-order valence-electron chi connectivity index (χ3n) is 1.84. The van der Waals surface area contributed by atoms with Crippen molar-refractivity contribution in [1.29, 1.82) is 0 Å². The van der Waals surface area contributed by atoms with Crippen molar-refractivity contribution in [1.82, 2.24) is 15.0 Å². The van der Waals surface area contributed by atoms with Crippen LogP contribution >= 0.6 is 0 Å². The molecule has 0 saturated carbocycles. The van der Waals surface area contributed by atoms with E-state index in [0.29, 0.717) is 11.5 Å². The average Bonchev–Trinajstić information content (AvgIpc) is 2.82. The number of hydrogen-bond acceptors (Lipinski definition) is 4. The largest absolute Gasteiger partial charge is 0.341 e. The van der Waals surface area contributed by atoms with Crippen LogP contribution in [0.1, 0.15) is 10.5 Å². The Balaban J connectivity index is 2.23. The molecule has 0 radical (unpaired) electrons. The topological polar surface area (TPSA) is 87.9 Å². The zero-order valence-corrected chi connectivity index (χ0v) is 7.79. The highest BCUT2D eigenvalue weighted by Crippen LogP contribution is 2.07. The second-order valence-corrected chi connectivity index (χ2v) is 2.83. The van der Waals surface area contributed by atoms with Crippen molar-refractivity contribution in [3.63, 3.8) is 0 Å². The number of imidazole rings is 1. The predicted molar refractivity (Wildman–Crippen MR) is 53.8 cm³/mol. The molecule has 1 amide bonds. The van der Waals surface area contributed by atoms with Gasteiger partial charge in [-0.25, -0.2) is 20.8 Å². The smallest absolute Gasteiger partial charge is 0.291 e. The first-order chi connectivity index (χ1) is 7.29. The molecule has 3 N–H and O–H groups in total. The minimum atomic E-state index is -0.383. The van der Waals surface area contributed by atoms with E-state index < -0.39 is 0 Å². The van der Waals surface area contributed by atoms with Crippen LogP contribution in [0.2, 0.25) is 0 Å². The fraction of sp³-hybridized carbons (Fsp3) is 0. The van der Waals surface area contributed by atoms with Gasteiger partial charge in [0.2, 0.25) is 0 Å². The summed E-state index contributed by atoms with van der Waals surface area (Å²) in [6.45, 7) is 0. The minimum Gasteiger partial charge on any atom is -0.341 e. The quantitative estimate of drug-likeness (QED) is 0.418. The monoisotopic (exact) mass is 203 g/mol. The summed E-state index contributed by atoms with van der Waals surface area (Å²) in [6, 6.07) is 5.15. The van der Waals surface area contributed by atoms with Crippen LogP contribution in [0.5, 0.6) is 0 Å². The molecule has 0 atom stereocenters. The van der Waals surface area contributed by atoms with Crippen molar-refractivity contribution in [2.75, 3.05) is 5.01 Å². The summed E-state index contributed by atoms with van der Waals surface area (Å²) >= 11 is 0. The lowest BCUT2D eigenvalue weighted by atomic mass is 10.4. The van der Waals surface area contributed by atoms with Crippen molar-refractivity contribution in [3.8, 4) is 0 Å². The Morgan fingerprint density at radius 2 is 2.33 bits per heavy atom. The highest BCUT2D eigenvalue weighted by atomic mass is 16.2. The van der Waals surface area contributed by atoms with Crippen molar-refractivity contribution in [2.24, 2.45) is 5.84 Å². The summed E-state index contributed by atoms with van der Waals surface area (Å²) in [7, 11) is 0. The lowest BCUT2D eigenvalue weighted by molar-refractivity contribution is 0.0982. The SMILES string of the molecule is NN(C(=O)c1cnc[nH]1)c1ccccn1. The molecule has 0 aliphatic carbocycles. The van der Waals surface area contributed by atoms with Crippen LogP contribution in [0.4, 0.5) is 5.82 Å². The highest BCUT2D eigenvalue weighted by molar-refractivity contribution is 6.03. The fourth-order valence-corrected chi connectivity index (χ4v) is 1.10. The van der Waals surface area contributed by atoms with Crippen LogP contribution in [-0.2, 0) is 0 Å². The molecule has 76 valence electrons. The van der Waals surface area contributed by atoms with Gasteiger partial charge in [0.05, 0.1) is 12.5 Å². The normalized spacial score (nSPS) is 9.93. The van der Waals surface area contributed by atoms with E-state index in [1.54, 1.807) is 24.4 Å². The van der Waals surface area contributed by atoms with Crippen LogP contribution in [0.25, 0.3) is 0 Å². The Hall–Kier alpha value is -2.21. The molecular formula is C9H9N5O. The van der Waals surface area contributed by atoms with Gasteiger partial charge >= 0.3 is 0 Å². The Kier molecular flexibility index (Phi) is 2.42. The number of hydrazine groups is 1. The number of carbonyl (C=O) groups is 1. The first-order valence-corrected chi connectivity index (χ1v) is 4.27. The van der Waals surface area contributed by atoms with Gasteiger partial charge in [-0.3, -0.25) is 4.79 Å². The molecule has 0 aliphatic rings. The maximum Gasteiger partial charge on any atom is 0.291 e. The molecular weight excluding hydrogens is 194 g/mol. The van der Waals surface area contributed by atoms with Gasteiger partial charge in [0.25, 0.3) is 5.91 Å². The summed E-state index contributed by atoms with van der Waals surface area (Å²) in [6.07, 6.45) is 4.39. The van der Waals surface area contributed by atoms with Crippen LogP contribution in [-0.4, -0.2) is 20.9 Å². The molecule has 0 aromatic carbocycles. The number of pyridine rings is 1. The molecule has 0 aliphatic heterocycles. The van der Waals surface area contributed by atoms with Crippen LogP contribution in [0.15, 0.2) is 36.9 Å². The molecule has 6 heteroatoms. The van der Waals surface area contributed by atoms with Gasteiger partial charge in [0.15, 0.2) is 0 Å². The lowest BCUT2D eigenvalue weighted by Crippen LogP contribution is -2.38. The molecule has 0 unspecified atom stereocenters.